The van der Waals surface area contributed by atoms with Crippen molar-refractivity contribution in [1.29, 1.82) is 0 Å². The number of alkyl halides is 13. The van der Waals surface area contributed by atoms with Crippen LogP contribution in [0.25, 0.3) is 0 Å². The number of halogens is 13. The summed E-state index contributed by atoms with van der Waals surface area (Å²) in [5.41, 5.74) is -13.3. The Balaban J connectivity index is 3.67. The fraction of sp³-hybridized carbons (Fsp3) is 1.00. The van der Waals surface area contributed by atoms with Crippen LogP contribution in [0.4, 0.5) is 57.1 Å². The predicted octanol–water partition coefficient (Wildman–Crippen LogP) is 4.19. The topological polar surface area (TPSA) is 0 Å². The highest BCUT2D eigenvalue weighted by Gasteiger charge is 2.91. The normalized spacial score (nSPS) is 44.7. The first-order valence-corrected chi connectivity index (χ1v) is 4.78. The molecule has 0 aromatic rings. The summed E-state index contributed by atoms with van der Waals surface area (Å²) in [6.45, 7) is 0. The molecule has 1 fully saturated rings. The Morgan fingerprint density at radius 1 is 0.619 bits per heavy atom. The second kappa shape index (κ2) is 4.31. The highest BCUT2D eigenvalue weighted by atomic mass is 19.4. The first-order valence-electron chi connectivity index (χ1n) is 4.78. The zero-order chi connectivity index (χ0) is 17.2. The van der Waals surface area contributed by atoms with Crippen molar-refractivity contribution in [2.75, 3.05) is 0 Å². The second-order valence-corrected chi connectivity index (χ2v) is 4.26. The summed E-state index contributed by atoms with van der Waals surface area (Å²) in [5, 5.41) is 0. The molecule has 0 radical (unpaired) electrons. The molecular formula is C8H3F13. The van der Waals surface area contributed by atoms with E-state index in [0.29, 0.717) is 0 Å². The van der Waals surface area contributed by atoms with Crippen LogP contribution in [0.3, 0.4) is 0 Å². The van der Waals surface area contributed by atoms with Gasteiger partial charge >= 0.3 is 23.9 Å². The van der Waals surface area contributed by atoms with Crippen molar-refractivity contribution >= 4 is 0 Å². The lowest BCUT2D eigenvalue weighted by molar-refractivity contribution is -0.401. The maximum atomic E-state index is 13.3. The van der Waals surface area contributed by atoms with Crippen LogP contribution in [0, 0.1) is 0 Å². The van der Waals surface area contributed by atoms with Gasteiger partial charge in [0, 0.05) is 0 Å². The molecule has 0 N–H and O–H groups in total. The van der Waals surface area contributed by atoms with Gasteiger partial charge in [-0.05, 0) is 0 Å². The molecule has 21 heavy (non-hydrogen) atoms. The number of rotatable bonds is 0. The molecule has 13 heteroatoms. The zero-order valence-corrected chi connectivity index (χ0v) is 9.15. The van der Waals surface area contributed by atoms with Gasteiger partial charge in [0.15, 0.2) is 12.3 Å². The molecule has 126 valence electrons. The SMILES string of the molecule is FC1C(F)C(F)(C(F)(F)F)C(F)C(F)(C(F)(F)F)C1(F)F. The third-order valence-electron chi connectivity index (χ3n) is 3.05. The summed E-state index contributed by atoms with van der Waals surface area (Å²) in [4.78, 5) is 0. The minimum Gasteiger partial charge on any atom is -0.240 e. The molecule has 0 bridgehead atoms. The van der Waals surface area contributed by atoms with Crippen molar-refractivity contribution in [3.8, 4) is 0 Å². The van der Waals surface area contributed by atoms with E-state index < -0.39 is 48.1 Å². The summed E-state index contributed by atoms with van der Waals surface area (Å²) in [6.07, 6.45) is -30.1. The van der Waals surface area contributed by atoms with E-state index in [2.05, 4.69) is 0 Å². The van der Waals surface area contributed by atoms with Gasteiger partial charge in [0.2, 0.25) is 6.17 Å². The van der Waals surface area contributed by atoms with Gasteiger partial charge in [-0.25, -0.2) is 22.0 Å². The van der Waals surface area contributed by atoms with Crippen molar-refractivity contribution in [3.63, 3.8) is 0 Å². The first kappa shape index (κ1) is 18.1. The molecule has 0 spiro atoms. The average Bonchev–Trinajstić information content (AvgIpc) is 2.29. The van der Waals surface area contributed by atoms with Crippen LogP contribution in [0.15, 0.2) is 0 Å². The molecule has 0 amide bonds. The molecule has 0 aromatic carbocycles. The lowest BCUT2D eigenvalue weighted by atomic mass is 9.70. The smallest absolute Gasteiger partial charge is 0.240 e. The molecule has 1 aliphatic rings. The van der Waals surface area contributed by atoms with E-state index in [-0.39, 0.29) is 0 Å². The van der Waals surface area contributed by atoms with Crippen molar-refractivity contribution in [1.82, 2.24) is 0 Å². The Kier molecular flexibility index (Phi) is 3.72. The molecule has 0 heterocycles. The summed E-state index contributed by atoms with van der Waals surface area (Å²) in [7, 11) is 0. The van der Waals surface area contributed by atoms with Crippen LogP contribution in [-0.4, -0.2) is 48.1 Å². The maximum Gasteiger partial charge on any atom is 0.431 e. The Hall–Kier alpha value is -0.910. The lowest BCUT2D eigenvalue weighted by Crippen LogP contribution is -2.80. The zero-order valence-electron chi connectivity index (χ0n) is 9.15. The molecular weight excluding hydrogens is 343 g/mol. The van der Waals surface area contributed by atoms with Crippen molar-refractivity contribution in [3.05, 3.63) is 0 Å². The predicted molar refractivity (Wildman–Crippen MR) is 39.4 cm³/mol. The van der Waals surface area contributed by atoms with E-state index in [9.17, 15) is 57.1 Å². The minimum atomic E-state index is -7.14. The van der Waals surface area contributed by atoms with E-state index in [1.807, 2.05) is 0 Å². The van der Waals surface area contributed by atoms with E-state index in [4.69, 9.17) is 0 Å². The lowest BCUT2D eigenvalue weighted by Gasteiger charge is -2.49. The van der Waals surface area contributed by atoms with Crippen LogP contribution in [0.2, 0.25) is 0 Å². The van der Waals surface area contributed by atoms with Gasteiger partial charge in [0.05, 0.1) is 0 Å². The van der Waals surface area contributed by atoms with E-state index in [1.54, 1.807) is 0 Å². The van der Waals surface area contributed by atoms with Gasteiger partial charge in [0.25, 0.3) is 5.67 Å². The highest BCUT2D eigenvalue weighted by Crippen LogP contribution is 2.62. The largest absolute Gasteiger partial charge is 0.431 e. The van der Waals surface area contributed by atoms with Gasteiger partial charge in [-0.1, -0.05) is 0 Å². The minimum absolute atomic E-state index is 5.09. The number of hydrogen-bond acceptors (Lipinski definition) is 0. The van der Waals surface area contributed by atoms with Crippen LogP contribution in [0.1, 0.15) is 0 Å². The van der Waals surface area contributed by atoms with Gasteiger partial charge in [-0.3, -0.25) is 0 Å². The maximum absolute atomic E-state index is 13.3. The summed E-state index contributed by atoms with van der Waals surface area (Å²) >= 11 is 0. The Morgan fingerprint density at radius 3 is 1.29 bits per heavy atom. The van der Waals surface area contributed by atoms with Crippen molar-refractivity contribution in [2.45, 2.75) is 48.1 Å². The molecule has 5 atom stereocenters. The standard InChI is InChI=1S/C8H3F13/c9-1-2(10)6(14,15)5(13,8(19,20)21)3(11)4(1,12)7(16,17)18/h1-3H. The van der Waals surface area contributed by atoms with Crippen LogP contribution >= 0.6 is 0 Å². The Bertz CT molecular complexity index is 409. The van der Waals surface area contributed by atoms with Crippen LogP contribution < -0.4 is 0 Å². The van der Waals surface area contributed by atoms with E-state index in [1.165, 1.54) is 0 Å². The fourth-order valence-electron chi connectivity index (χ4n) is 1.83. The molecule has 0 aliphatic heterocycles. The first-order chi connectivity index (χ1) is 8.97. The van der Waals surface area contributed by atoms with Crippen LogP contribution in [0.5, 0.6) is 0 Å². The van der Waals surface area contributed by atoms with Gasteiger partial charge < -0.3 is 0 Å². The Labute approximate surface area is 106 Å². The summed E-state index contributed by atoms with van der Waals surface area (Å²) in [6, 6.07) is 0. The van der Waals surface area contributed by atoms with Crippen molar-refractivity contribution < 1.29 is 57.1 Å². The van der Waals surface area contributed by atoms with Crippen molar-refractivity contribution in [2.24, 2.45) is 0 Å². The average molecular weight is 346 g/mol. The molecule has 1 saturated carbocycles. The van der Waals surface area contributed by atoms with Gasteiger partial charge in [0.1, 0.15) is 0 Å². The third kappa shape index (κ3) is 1.91. The molecule has 1 rings (SSSR count). The monoisotopic (exact) mass is 346 g/mol. The summed E-state index contributed by atoms with van der Waals surface area (Å²) in [5.74, 6) is -6.61. The molecule has 1 aliphatic carbocycles. The van der Waals surface area contributed by atoms with Crippen LogP contribution in [-0.2, 0) is 0 Å². The third-order valence-corrected chi connectivity index (χ3v) is 3.05. The molecule has 0 saturated heterocycles. The Morgan fingerprint density at radius 2 is 1.00 bits per heavy atom. The highest BCUT2D eigenvalue weighted by molar-refractivity contribution is 5.24. The fourth-order valence-corrected chi connectivity index (χ4v) is 1.83. The quantitative estimate of drug-likeness (QED) is 0.577. The second-order valence-electron chi connectivity index (χ2n) is 4.26. The van der Waals surface area contributed by atoms with E-state index >= 15 is 0 Å². The molecule has 0 aromatic heterocycles. The summed E-state index contributed by atoms with van der Waals surface area (Å²) < 4.78 is 164. The number of hydrogen-bond donors (Lipinski definition) is 0. The van der Waals surface area contributed by atoms with Gasteiger partial charge in [-0.2, -0.15) is 35.1 Å². The van der Waals surface area contributed by atoms with Gasteiger partial charge in [-0.15, -0.1) is 0 Å². The molecule has 5 unspecified atom stereocenters. The van der Waals surface area contributed by atoms with E-state index in [0.717, 1.165) is 0 Å². The molecule has 0 nitrogen and oxygen atoms in total.